The van der Waals surface area contributed by atoms with Crippen molar-refractivity contribution in [2.75, 3.05) is 26.4 Å². The Labute approximate surface area is 201 Å². The minimum absolute atomic E-state index is 0.0924. The lowest BCUT2D eigenvalue weighted by Gasteiger charge is -2.17. The Hall–Kier alpha value is -3.20. The number of benzene rings is 2. The van der Waals surface area contributed by atoms with Crippen molar-refractivity contribution in [3.05, 3.63) is 77.3 Å². The molecule has 2 aliphatic heterocycles. The van der Waals surface area contributed by atoms with Gasteiger partial charge in [-0.2, -0.15) is 0 Å². The van der Waals surface area contributed by atoms with E-state index in [2.05, 4.69) is 6.58 Å². The predicted octanol–water partition coefficient (Wildman–Crippen LogP) is 3.27. The average molecular weight is 487 g/mol. The molecule has 2 fully saturated rings. The highest BCUT2D eigenvalue weighted by molar-refractivity contribution is 6.30. The molecular weight excluding hydrogens is 464 g/mol. The Morgan fingerprint density at radius 1 is 0.941 bits per heavy atom. The van der Waals surface area contributed by atoms with Crippen molar-refractivity contribution in [2.45, 2.75) is 18.3 Å². The van der Waals surface area contributed by atoms with Gasteiger partial charge in [-0.15, -0.1) is 0 Å². The molecule has 34 heavy (non-hydrogen) atoms. The first-order valence-electron chi connectivity index (χ1n) is 10.7. The molecule has 0 amide bonds. The number of ketones is 1. The molecule has 0 saturated carbocycles. The van der Waals surface area contributed by atoms with E-state index in [0.717, 1.165) is 6.08 Å². The van der Waals surface area contributed by atoms with Gasteiger partial charge in [0.15, 0.2) is 11.9 Å². The maximum atomic E-state index is 13.1. The largest absolute Gasteiger partial charge is 0.490 e. The van der Waals surface area contributed by atoms with E-state index in [0.29, 0.717) is 21.9 Å². The second-order valence-electron chi connectivity index (χ2n) is 7.76. The quantitative estimate of drug-likeness (QED) is 0.230. The molecule has 9 heteroatoms. The monoisotopic (exact) mass is 486 g/mol. The first kappa shape index (κ1) is 23.9. The highest BCUT2D eigenvalue weighted by Crippen LogP contribution is 2.35. The van der Waals surface area contributed by atoms with Crippen LogP contribution in [0.5, 0.6) is 5.75 Å². The van der Waals surface area contributed by atoms with Crippen LogP contribution in [0.3, 0.4) is 0 Å². The summed E-state index contributed by atoms with van der Waals surface area (Å²) in [6.45, 7) is 3.92. The van der Waals surface area contributed by atoms with Crippen LogP contribution < -0.4 is 4.74 Å². The number of hydrogen-bond acceptors (Lipinski definition) is 8. The Balaban J connectivity index is 1.30. The maximum absolute atomic E-state index is 13.1. The zero-order valence-electron chi connectivity index (χ0n) is 18.2. The van der Waals surface area contributed by atoms with Crippen molar-refractivity contribution in [1.29, 1.82) is 0 Å². The van der Waals surface area contributed by atoms with Gasteiger partial charge in [0.25, 0.3) is 0 Å². The summed E-state index contributed by atoms with van der Waals surface area (Å²) in [6.07, 6.45) is -0.522. The van der Waals surface area contributed by atoms with E-state index in [9.17, 15) is 14.4 Å². The molecule has 178 valence electrons. The van der Waals surface area contributed by atoms with Crippen LogP contribution in [0.25, 0.3) is 0 Å². The van der Waals surface area contributed by atoms with Gasteiger partial charge in [-0.1, -0.05) is 18.2 Å². The number of hydrogen-bond donors (Lipinski definition) is 0. The van der Waals surface area contributed by atoms with Crippen LogP contribution in [0.1, 0.15) is 20.7 Å². The molecule has 8 nitrogen and oxygen atoms in total. The maximum Gasteiger partial charge on any atom is 0.338 e. The third-order valence-electron chi connectivity index (χ3n) is 5.58. The van der Waals surface area contributed by atoms with Crippen LogP contribution in [0.2, 0.25) is 5.02 Å². The first-order chi connectivity index (χ1) is 16.5. The summed E-state index contributed by atoms with van der Waals surface area (Å²) in [6, 6.07) is 13.1. The summed E-state index contributed by atoms with van der Waals surface area (Å²) in [4.78, 5) is 36.5. The fourth-order valence-corrected chi connectivity index (χ4v) is 4.00. The molecule has 0 N–H and O–H groups in total. The van der Waals surface area contributed by atoms with Crippen molar-refractivity contribution in [2.24, 2.45) is 5.92 Å². The van der Waals surface area contributed by atoms with Crippen molar-refractivity contribution < 1.29 is 38.1 Å². The van der Waals surface area contributed by atoms with Gasteiger partial charge in [0.1, 0.15) is 25.1 Å². The molecule has 0 bridgehead atoms. The second kappa shape index (κ2) is 10.8. The summed E-state index contributed by atoms with van der Waals surface area (Å²) in [5, 5.41) is 0.523. The normalized spacial score (nSPS) is 23.1. The summed E-state index contributed by atoms with van der Waals surface area (Å²) in [7, 11) is 0. The molecule has 2 aromatic carbocycles. The molecule has 0 aromatic heterocycles. The zero-order valence-corrected chi connectivity index (χ0v) is 18.9. The topological polar surface area (TPSA) is 97.4 Å². The molecule has 2 saturated heterocycles. The minimum Gasteiger partial charge on any atom is -0.490 e. The van der Waals surface area contributed by atoms with E-state index >= 15 is 0 Å². The molecule has 2 aromatic rings. The van der Waals surface area contributed by atoms with Crippen LogP contribution >= 0.6 is 11.6 Å². The van der Waals surface area contributed by atoms with Gasteiger partial charge in [-0.25, -0.2) is 9.59 Å². The molecule has 3 unspecified atom stereocenters. The van der Waals surface area contributed by atoms with Crippen molar-refractivity contribution in [3.63, 3.8) is 0 Å². The molecular formula is C25H23ClO8. The highest BCUT2D eigenvalue weighted by Gasteiger charge is 2.51. The van der Waals surface area contributed by atoms with Crippen molar-refractivity contribution in [3.8, 4) is 5.75 Å². The summed E-state index contributed by atoms with van der Waals surface area (Å²) in [5.74, 6) is -1.10. The van der Waals surface area contributed by atoms with Gasteiger partial charge in [0.2, 0.25) is 0 Å². The summed E-state index contributed by atoms with van der Waals surface area (Å²) < 4.78 is 27.5. The van der Waals surface area contributed by atoms with E-state index in [1.807, 2.05) is 0 Å². The fraction of sp³-hybridized carbons (Fsp3) is 0.320. The molecule has 2 heterocycles. The SMILES string of the molecule is C=CC(=O)OCCOc1ccc(C(=O)[C@@H]2COC3C(OC(=O)c4ccc(Cl)cc4)COC32)cc1. The van der Waals surface area contributed by atoms with Crippen LogP contribution in [0.4, 0.5) is 0 Å². The van der Waals surface area contributed by atoms with Crippen LogP contribution in [0.15, 0.2) is 61.2 Å². The Morgan fingerprint density at radius 3 is 2.32 bits per heavy atom. The van der Waals surface area contributed by atoms with E-state index in [4.69, 9.17) is 35.3 Å². The van der Waals surface area contributed by atoms with Crippen LogP contribution in [0, 0.1) is 5.92 Å². The van der Waals surface area contributed by atoms with E-state index < -0.39 is 36.2 Å². The minimum atomic E-state index is -0.600. The molecule has 2 aliphatic rings. The number of Topliss-reactive ketones (excluding diaryl/α,β-unsaturated/α-hetero) is 1. The number of halogens is 1. The Morgan fingerprint density at radius 2 is 1.62 bits per heavy atom. The highest BCUT2D eigenvalue weighted by atomic mass is 35.5. The molecule has 0 radical (unpaired) electrons. The molecule has 4 rings (SSSR count). The standard InChI is InChI=1S/C25H23ClO8/c1-2-21(27)31-12-11-30-18-9-5-15(6-10-18)22(28)19-13-32-24-20(14-33-23(19)24)34-25(29)16-3-7-17(26)8-4-16/h2-10,19-20,23-24H,1,11-14H2/t19-,20?,23?,24?/m0/s1. The van der Waals surface area contributed by atoms with Gasteiger partial charge in [-0.3, -0.25) is 4.79 Å². The number of rotatable bonds is 9. The van der Waals surface area contributed by atoms with Crippen LogP contribution in [-0.2, 0) is 23.7 Å². The number of ether oxygens (including phenoxy) is 5. The Bertz CT molecular complexity index is 1050. The smallest absolute Gasteiger partial charge is 0.338 e. The van der Waals surface area contributed by atoms with Gasteiger partial charge in [0, 0.05) is 16.7 Å². The lowest BCUT2D eigenvalue weighted by molar-refractivity contribution is -0.138. The second-order valence-corrected chi connectivity index (χ2v) is 8.20. The number of esters is 2. The van der Waals surface area contributed by atoms with E-state index in [1.54, 1.807) is 48.5 Å². The lowest BCUT2D eigenvalue weighted by atomic mass is 9.92. The molecule has 0 aliphatic carbocycles. The fourth-order valence-electron chi connectivity index (χ4n) is 3.87. The third-order valence-corrected chi connectivity index (χ3v) is 5.84. The van der Waals surface area contributed by atoms with Crippen molar-refractivity contribution in [1.82, 2.24) is 0 Å². The van der Waals surface area contributed by atoms with Gasteiger partial charge >= 0.3 is 11.9 Å². The number of fused-ring (bicyclic) bond motifs is 1. The lowest BCUT2D eigenvalue weighted by Crippen LogP contribution is -2.34. The summed E-state index contributed by atoms with van der Waals surface area (Å²) >= 11 is 5.86. The van der Waals surface area contributed by atoms with Gasteiger partial charge in [0.05, 0.1) is 30.8 Å². The van der Waals surface area contributed by atoms with E-state index in [-0.39, 0.29) is 32.2 Å². The van der Waals surface area contributed by atoms with Gasteiger partial charge in [-0.05, 0) is 48.5 Å². The third kappa shape index (κ3) is 5.47. The van der Waals surface area contributed by atoms with Crippen molar-refractivity contribution >= 4 is 29.3 Å². The average Bonchev–Trinajstić information content (AvgIpc) is 3.45. The predicted molar refractivity (Wildman–Crippen MR) is 121 cm³/mol. The zero-order chi connectivity index (χ0) is 24.1. The molecule has 4 atom stereocenters. The number of carbonyl (C=O) groups excluding carboxylic acids is 3. The summed E-state index contributed by atoms with van der Waals surface area (Å²) in [5.41, 5.74) is 0.865. The van der Waals surface area contributed by atoms with Gasteiger partial charge < -0.3 is 23.7 Å². The Kier molecular flexibility index (Phi) is 7.62. The molecule has 0 spiro atoms. The first-order valence-corrected chi connectivity index (χ1v) is 11.1. The van der Waals surface area contributed by atoms with E-state index in [1.165, 1.54) is 0 Å². The number of carbonyl (C=O) groups is 3. The van der Waals surface area contributed by atoms with Crippen LogP contribution in [-0.4, -0.2) is 62.5 Å².